The maximum atomic E-state index is 16.9. The SMILES string of the molecule is CN(c1nc(OC[C@@]23CCCN2C[C@H](F)C3)nc2c(F)c(-c3cccc4cccc(Cl)c34)ncc12)[C@@H]1CCN(C(=O)/C=C/c2nc([C@H]3C[C@@H]3F)no2)C1. The molecule has 4 aliphatic rings. The van der Waals surface area contributed by atoms with Crippen LogP contribution in [0.1, 0.15) is 49.7 Å². The van der Waals surface area contributed by atoms with E-state index in [0.29, 0.717) is 71.9 Å². The van der Waals surface area contributed by atoms with E-state index >= 15 is 4.39 Å². The second-order valence-electron chi connectivity index (χ2n) is 14.5. The van der Waals surface area contributed by atoms with Crippen LogP contribution < -0.4 is 9.64 Å². The molecular formula is C38H36ClF3N8O3. The van der Waals surface area contributed by atoms with Gasteiger partial charge in [-0.3, -0.25) is 14.7 Å². The Bertz CT molecular complexity index is 2270. The van der Waals surface area contributed by atoms with E-state index in [9.17, 15) is 13.6 Å². The van der Waals surface area contributed by atoms with Crippen molar-refractivity contribution in [1.29, 1.82) is 0 Å². The number of carbonyl (C=O) groups excluding carboxylic acids is 1. The van der Waals surface area contributed by atoms with Crippen LogP contribution in [-0.4, -0.2) is 105 Å². The number of pyridine rings is 1. The average Bonchev–Trinajstić information content (AvgIpc) is 3.63. The molecular weight excluding hydrogens is 709 g/mol. The van der Waals surface area contributed by atoms with Crippen LogP contribution in [0.25, 0.3) is 39.0 Å². The molecule has 3 aliphatic heterocycles. The summed E-state index contributed by atoms with van der Waals surface area (Å²) < 4.78 is 56.3. The van der Waals surface area contributed by atoms with Gasteiger partial charge in [-0.05, 0) is 43.7 Å². The summed E-state index contributed by atoms with van der Waals surface area (Å²) in [6.45, 7) is 2.17. The lowest BCUT2D eigenvalue weighted by molar-refractivity contribution is -0.124. The van der Waals surface area contributed by atoms with Gasteiger partial charge in [-0.2, -0.15) is 15.0 Å². The zero-order chi connectivity index (χ0) is 36.4. The van der Waals surface area contributed by atoms with E-state index in [1.165, 1.54) is 12.2 Å². The number of anilines is 1. The number of ether oxygens (including phenoxy) is 1. The molecule has 0 bridgehead atoms. The molecule has 5 aromatic rings. The van der Waals surface area contributed by atoms with Gasteiger partial charge in [0.2, 0.25) is 5.91 Å². The summed E-state index contributed by atoms with van der Waals surface area (Å²) in [5, 5.41) is 6.18. The Labute approximate surface area is 307 Å². The zero-order valence-electron chi connectivity index (χ0n) is 28.9. The van der Waals surface area contributed by atoms with Crippen LogP contribution >= 0.6 is 11.6 Å². The molecule has 1 aliphatic carbocycles. The molecule has 4 fully saturated rings. The molecule has 3 saturated heterocycles. The van der Waals surface area contributed by atoms with Crippen LogP contribution in [0.15, 0.2) is 53.2 Å². The smallest absolute Gasteiger partial charge is 0.319 e. The number of nitrogens with zero attached hydrogens (tertiary/aromatic N) is 8. The van der Waals surface area contributed by atoms with E-state index in [-0.39, 0.29) is 47.6 Å². The summed E-state index contributed by atoms with van der Waals surface area (Å²) in [4.78, 5) is 37.1. The molecule has 1 amide bonds. The van der Waals surface area contributed by atoms with E-state index in [4.69, 9.17) is 25.8 Å². The topological polar surface area (TPSA) is 114 Å². The summed E-state index contributed by atoms with van der Waals surface area (Å²) in [5.74, 6) is -0.398. The number of rotatable bonds is 9. The predicted octanol–water partition coefficient (Wildman–Crippen LogP) is 6.55. The van der Waals surface area contributed by atoms with Gasteiger partial charge in [0, 0.05) is 73.5 Å². The lowest BCUT2D eigenvalue weighted by Crippen LogP contribution is -2.43. The van der Waals surface area contributed by atoms with Gasteiger partial charge < -0.3 is 19.1 Å². The molecule has 0 spiro atoms. The Morgan fingerprint density at radius 1 is 1.15 bits per heavy atom. The molecule has 0 unspecified atom stereocenters. The standard InChI is InChI=1S/C38H36ClF3N8O3/c1-48(23-11-14-49(19-23)30(51)10-9-29-44-35(47-53-29)25-15-28(25)41)36-26-17-43-33(24-7-2-5-21-6-3-8-27(39)31(21)24)32(42)34(26)45-37(46-36)52-20-38-12-4-13-50(38)18-22(40)16-38/h2-3,5-10,17,22-23,25,28H,4,11-16,18-20H2,1H3/b10-9+/t22-,23-,25+,28+,38+/m1/s1. The van der Waals surface area contributed by atoms with Crippen molar-refractivity contribution in [3.63, 3.8) is 0 Å². The summed E-state index contributed by atoms with van der Waals surface area (Å²) in [6.07, 6.45) is 5.57. The minimum absolute atomic E-state index is 0.0204. The van der Waals surface area contributed by atoms with Crippen molar-refractivity contribution in [2.75, 3.05) is 44.7 Å². The number of halogens is 4. The highest BCUT2D eigenvalue weighted by molar-refractivity contribution is 6.36. The number of hydrogen-bond donors (Lipinski definition) is 0. The quantitative estimate of drug-likeness (QED) is 0.154. The molecule has 274 valence electrons. The van der Waals surface area contributed by atoms with Crippen molar-refractivity contribution in [3.05, 3.63) is 71.2 Å². The number of amides is 1. The second kappa shape index (κ2) is 13.2. The fourth-order valence-electron chi connectivity index (χ4n) is 8.26. The Morgan fingerprint density at radius 2 is 1.98 bits per heavy atom. The van der Waals surface area contributed by atoms with Gasteiger partial charge in [-0.15, -0.1) is 0 Å². The van der Waals surface area contributed by atoms with E-state index in [0.717, 1.165) is 24.8 Å². The zero-order valence-corrected chi connectivity index (χ0v) is 29.6. The van der Waals surface area contributed by atoms with Gasteiger partial charge >= 0.3 is 6.01 Å². The normalized spacial score (nSPS) is 25.6. The first kappa shape index (κ1) is 34.0. The monoisotopic (exact) mass is 744 g/mol. The maximum absolute atomic E-state index is 16.9. The number of alkyl halides is 2. The fraction of sp³-hybridized carbons (Fsp3) is 0.421. The Hall–Kier alpha value is -4.82. The fourth-order valence-corrected chi connectivity index (χ4v) is 8.54. The lowest BCUT2D eigenvalue weighted by atomic mass is 9.95. The highest BCUT2D eigenvalue weighted by Crippen LogP contribution is 2.43. The average molecular weight is 745 g/mol. The Morgan fingerprint density at radius 3 is 2.81 bits per heavy atom. The van der Waals surface area contributed by atoms with Crippen molar-refractivity contribution in [3.8, 4) is 17.3 Å². The van der Waals surface area contributed by atoms with Gasteiger partial charge in [0.05, 0.1) is 16.8 Å². The number of hydrogen-bond acceptors (Lipinski definition) is 10. The summed E-state index contributed by atoms with van der Waals surface area (Å²) in [6, 6.07) is 10.8. The van der Waals surface area contributed by atoms with Crippen LogP contribution in [-0.2, 0) is 4.79 Å². The van der Waals surface area contributed by atoms with Crippen molar-refractivity contribution < 1.29 is 27.2 Å². The Kier molecular flexibility index (Phi) is 8.49. The van der Waals surface area contributed by atoms with Crippen molar-refractivity contribution >= 4 is 51.1 Å². The van der Waals surface area contributed by atoms with Crippen molar-refractivity contribution in [2.24, 2.45) is 0 Å². The summed E-state index contributed by atoms with van der Waals surface area (Å²) in [5.41, 5.74) is 0.185. The molecule has 1 saturated carbocycles. The van der Waals surface area contributed by atoms with E-state index in [1.54, 1.807) is 23.2 Å². The van der Waals surface area contributed by atoms with Crippen molar-refractivity contribution in [1.82, 2.24) is 34.9 Å². The molecule has 0 radical (unpaired) electrons. The number of likely N-dealkylation sites (tertiary alicyclic amines) is 1. The van der Waals surface area contributed by atoms with Crippen molar-refractivity contribution in [2.45, 2.75) is 61.9 Å². The van der Waals surface area contributed by atoms with E-state index in [2.05, 4.69) is 25.0 Å². The third kappa shape index (κ3) is 6.15. The van der Waals surface area contributed by atoms with Crippen LogP contribution in [0.4, 0.5) is 19.0 Å². The third-order valence-corrected chi connectivity index (χ3v) is 11.5. The van der Waals surface area contributed by atoms with Crippen LogP contribution in [0.2, 0.25) is 5.02 Å². The Balaban J connectivity index is 1.03. The number of benzene rings is 2. The maximum Gasteiger partial charge on any atom is 0.319 e. The van der Waals surface area contributed by atoms with Gasteiger partial charge in [-0.25, -0.2) is 13.2 Å². The molecule has 53 heavy (non-hydrogen) atoms. The number of aromatic nitrogens is 5. The molecule has 2 aromatic carbocycles. The lowest BCUT2D eigenvalue weighted by Gasteiger charge is -2.31. The second-order valence-corrected chi connectivity index (χ2v) is 14.9. The first-order chi connectivity index (χ1) is 25.7. The minimum Gasteiger partial charge on any atom is -0.461 e. The van der Waals surface area contributed by atoms with Crippen LogP contribution in [0.5, 0.6) is 6.01 Å². The molecule has 0 N–H and O–H groups in total. The van der Waals surface area contributed by atoms with E-state index < -0.39 is 23.7 Å². The summed E-state index contributed by atoms with van der Waals surface area (Å²) >= 11 is 6.62. The molecule has 5 atom stereocenters. The first-order valence-electron chi connectivity index (χ1n) is 17.9. The van der Waals surface area contributed by atoms with E-state index in [1.807, 2.05) is 36.2 Å². The third-order valence-electron chi connectivity index (χ3n) is 11.2. The first-order valence-corrected chi connectivity index (χ1v) is 18.3. The van der Waals surface area contributed by atoms with Crippen LogP contribution in [0.3, 0.4) is 0 Å². The molecule has 6 heterocycles. The molecule has 15 heteroatoms. The van der Waals surface area contributed by atoms with Gasteiger partial charge in [0.1, 0.15) is 36.0 Å². The summed E-state index contributed by atoms with van der Waals surface area (Å²) in [7, 11) is 1.84. The predicted molar refractivity (Wildman–Crippen MR) is 193 cm³/mol. The minimum atomic E-state index is -0.953. The number of likely N-dealkylation sites (N-methyl/N-ethyl adjacent to an activating group) is 1. The largest absolute Gasteiger partial charge is 0.461 e. The van der Waals surface area contributed by atoms with Gasteiger partial charge in [0.15, 0.2) is 11.6 Å². The molecule has 9 rings (SSSR count). The van der Waals surface area contributed by atoms with Crippen LogP contribution in [0, 0.1) is 5.82 Å². The van der Waals surface area contributed by atoms with Gasteiger partial charge in [-0.1, -0.05) is 47.1 Å². The highest BCUT2D eigenvalue weighted by Gasteiger charge is 2.49. The molecule has 11 nitrogen and oxygen atoms in total. The molecule has 3 aromatic heterocycles. The number of fused-ring (bicyclic) bond motifs is 3. The van der Waals surface area contributed by atoms with Gasteiger partial charge in [0.25, 0.3) is 5.89 Å². The number of carbonyl (C=O) groups is 1. The highest BCUT2D eigenvalue weighted by atomic mass is 35.5.